The average Bonchev–Trinajstić information content (AvgIpc) is 2.08. The first-order chi connectivity index (χ1) is 6.04. The summed E-state index contributed by atoms with van der Waals surface area (Å²) >= 11 is 0. The number of rotatable bonds is 2. The maximum Gasteiger partial charge on any atom is 0.0705 e. The van der Waals surface area contributed by atoms with Crippen LogP contribution < -0.4 is 11.5 Å². The van der Waals surface area contributed by atoms with Crippen LogP contribution in [0.5, 0.6) is 0 Å². The Labute approximate surface area is 78.4 Å². The summed E-state index contributed by atoms with van der Waals surface area (Å²) in [6, 6.07) is 5.26. The molecule has 2 atom stereocenters. The summed E-state index contributed by atoms with van der Waals surface area (Å²) in [5.74, 6) is 0. The molecule has 0 heterocycles. The van der Waals surface area contributed by atoms with Gasteiger partial charge in [-0.25, -0.2) is 0 Å². The van der Waals surface area contributed by atoms with E-state index in [1.54, 1.807) is 6.92 Å². The van der Waals surface area contributed by atoms with Gasteiger partial charge in [0.05, 0.1) is 12.1 Å². The number of nitrogens with two attached hydrogens (primary N) is 2. The van der Waals surface area contributed by atoms with Crippen molar-refractivity contribution in [2.45, 2.75) is 26.0 Å². The van der Waals surface area contributed by atoms with Gasteiger partial charge in [0.25, 0.3) is 0 Å². The smallest absolute Gasteiger partial charge is 0.0705 e. The first-order valence-electron chi connectivity index (χ1n) is 4.32. The van der Waals surface area contributed by atoms with Crippen molar-refractivity contribution in [1.82, 2.24) is 0 Å². The molecule has 0 aliphatic heterocycles. The van der Waals surface area contributed by atoms with Crippen LogP contribution >= 0.6 is 0 Å². The highest BCUT2D eigenvalue weighted by atomic mass is 16.3. The molecule has 3 nitrogen and oxygen atoms in total. The lowest BCUT2D eigenvalue weighted by Crippen LogP contribution is -2.24. The summed E-state index contributed by atoms with van der Waals surface area (Å²) in [6.07, 6.45) is -0.580. The number of aliphatic hydroxyl groups excluding tert-OH is 1. The molecule has 0 fully saturated rings. The normalized spacial score (nSPS) is 15.4. The number of anilines is 1. The molecule has 13 heavy (non-hydrogen) atoms. The minimum absolute atomic E-state index is 0.403. The molecule has 0 bridgehead atoms. The van der Waals surface area contributed by atoms with Gasteiger partial charge in [0.2, 0.25) is 0 Å². The SMILES string of the molecule is Cc1cccc([C@@H](N)[C@H](C)O)c1N. The summed E-state index contributed by atoms with van der Waals surface area (Å²) in [5, 5.41) is 9.31. The lowest BCUT2D eigenvalue weighted by molar-refractivity contribution is 0.164. The van der Waals surface area contributed by atoms with E-state index in [1.807, 2.05) is 25.1 Å². The molecule has 0 saturated heterocycles. The van der Waals surface area contributed by atoms with Gasteiger partial charge in [-0.15, -0.1) is 0 Å². The first-order valence-corrected chi connectivity index (χ1v) is 4.32. The van der Waals surface area contributed by atoms with Crippen molar-refractivity contribution in [3.05, 3.63) is 29.3 Å². The Morgan fingerprint density at radius 2 is 2.00 bits per heavy atom. The zero-order valence-electron chi connectivity index (χ0n) is 7.99. The number of aryl methyl sites for hydroxylation is 1. The van der Waals surface area contributed by atoms with Crippen LogP contribution in [0.3, 0.4) is 0 Å². The molecule has 0 spiro atoms. The van der Waals surface area contributed by atoms with E-state index in [0.29, 0.717) is 5.69 Å². The van der Waals surface area contributed by atoms with E-state index in [9.17, 15) is 5.11 Å². The minimum Gasteiger partial charge on any atom is -0.398 e. The molecule has 0 aliphatic carbocycles. The molecule has 0 saturated carbocycles. The second kappa shape index (κ2) is 3.77. The van der Waals surface area contributed by atoms with Crippen LogP contribution in [0.2, 0.25) is 0 Å². The second-order valence-electron chi connectivity index (χ2n) is 3.34. The molecule has 0 aromatic heterocycles. The Balaban J connectivity index is 3.07. The third-order valence-electron chi connectivity index (χ3n) is 2.24. The van der Waals surface area contributed by atoms with Crippen LogP contribution in [-0.2, 0) is 0 Å². The molecule has 72 valence electrons. The van der Waals surface area contributed by atoms with E-state index in [2.05, 4.69) is 0 Å². The van der Waals surface area contributed by atoms with Gasteiger partial charge in [-0.1, -0.05) is 18.2 Å². The van der Waals surface area contributed by atoms with Gasteiger partial charge < -0.3 is 16.6 Å². The summed E-state index contributed by atoms with van der Waals surface area (Å²) in [5.41, 5.74) is 14.1. The molecular formula is C10H16N2O. The number of aliphatic hydroxyl groups is 1. The fourth-order valence-corrected chi connectivity index (χ4v) is 1.25. The maximum atomic E-state index is 9.31. The van der Waals surface area contributed by atoms with Gasteiger partial charge in [0.1, 0.15) is 0 Å². The van der Waals surface area contributed by atoms with Crippen molar-refractivity contribution < 1.29 is 5.11 Å². The largest absolute Gasteiger partial charge is 0.398 e. The van der Waals surface area contributed by atoms with E-state index in [-0.39, 0.29) is 0 Å². The Kier molecular flexibility index (Phi) is 2.90. The first kappa shape index (κ1) is 10.0. The molecule has 1 aromatic rings. The highest BCUT2D eigenvalue weighted by Gasteiger charge is 2.14. The topological polar surface area (TPSA) is 72.3 Å². The van der Waals surface area contributed by atoms with E-state index in [4.69, 9.17) is 11.5 Å². The van der Waals surface area contributed by atoms with Gasteiger partial charge in [-0.2, -0.15) is 0 Å². The summed E-state index contributed by atoms with van der Waals surface area (Å²) < 4.78 is 0. The molecule has 5 N–H and O–H groups in total. The number of hydrogen-bond donors (Lipinski definition) is 3. The molecule has 0 radical (unpaired) electrons. The predicted molar refractivity (Wildman–Crippen MR) is 54.2 cm³/mol. The average molecular weight is 180 g/mol. The van der Waals surface area contributed by atoms with Crippen molar-refractivity contribution in [3.8, 4) is 0 Å². The molecule has 0 unspecified atom stereocenters. The predicted octanol–water partition coefficient (Wildman–Crippen LogP) is 0.958. The molecule has 3 heteroatoms. The zero-order chi connectivity index (χ0) is 10.0. The summed E-state index contributed by atoms with van der Waals surface area (Å²) in [7, 11) is 0. The monoisotopic (exact) mass is 180 g/mol. The Morgan fingerprint density at radius 3 is 2.54 bits per heavy atom. The number of nitrogen functional groups attached to an aromatic ring is 1. The van der Waals surface area contributed by atoms with Gasteiger partial charge in [0, 0.05) is 5.69 Å². The Hall–Kier alpha value is -1.06. The molecule has 0 amide bonds. The van der Waals surface area contributed by atoms with E-state index in [0.717, 1.165) is 11.1 Å². The van der Waals surface area contributed by atoms with E-state index >= 15 is 0 Å². The van der Waals surface area contributed by atoms with Gasteiger partial charge in [-0.3, -0.25) is 0 Å². The molecule has 0 aliphatic rings. The fraction of sp³-hybridized carbons (Fsp3) is 0.400. The Morgan fingerprint density at radius 1 is 1.38 bits per heavy atom. The van der Waals surface area contributed by atoms with Crippen molar-refractivity contribution in [2.75, 3.05) is 5.73 Å². The lowest BCUT2D eigenvalue weighted by atomic mass is 9.99. The lowest BCUT2D eigenvalue weighted by Gasteiger charge is -2.18. The van der Waals surface area contributed by atoms with Gasteiger partial charge in [0.15, 0.2) is 0 Å². The number of hydrogen-bond acceptors (Lipinski definition) is 3. The van der Waals surface area contributed by atoms with Crippen molar-refractivity contribution in [2.24, 2.45) is 5.73 Å². The number of para-hydroxylation sites is 1. The molecule has 1 rings (SSSR count). The molecular weight excluding hydrogens is 164 g/mol. The van der Waals surface area contributed by atoms with Crippen molar-refractivity contribution in [3.63, 3.8) is 0 Å². The van der Waals surface area contributed by atoms with Crippen LogP contribution in [0.25, 0.3) is 0 Å². The van der Waals surface area contributed by atoms with Crippen LogP contribution in [0.15, 0.2) is 18.2 Å². The number of benzene rings is 1. The standard InChI is InChI=1S/C10H16N2O/c1-6-4-3-5-8(9(6)11)10(12)7(2)13/h3-5,7,10,13H,11-12H2,1-2H3/t7-,10-/m0/s1. The van der Waals surface area contributed by atoms with Crippen LogP contribution in [0, 0.1) is 6.92 Å². The summed E-state index contributed by atoms with van der Waals surface area (Å²) in [4.78, 5) is 0. The van der Waals surface area contributed by atoms with Gasteiger partial charge >= 0.3 is 0 Å². The fourth-order valence-electron chi connectivity index (χ4n) is 1.25. The zero-order valence-corrected chi connectivity index (χ0v) is 7.99. The highest BCUT2D eigenvalue weighted by molar-refractivity contribution is 5.54. The minimum atomic E-state index is -0.580. The summed E-state index contributed by atoms with van der Waals surface area (Å²) in [6.45, 7) is 3.58. The Bertz CT molecular complexity index is 297. The maximum absolute atomic E-state index is 9.31. The van der Waals surface area contributed by atoms with Crippen molar-refractivity contribution >= 4 is 5.69 Å². The van der Waals surface area contributed by atoms with Crippen molar-refractivity contribution in [1.29, 1.82) is 0 Å². The molecule has 1 aromatic carbocycles. The third-order valence-corrected chi connectivity index (χ3v) is 2.24. The highest BCUT2D eigenvalue weighted by Crippen LogP contribution is 2.23. The van der Waals surface area contributed by atoms with E-state index in [1.165, 1.54) is 0 Å². The van der Waals surface area contributed by atoms with Gasteiger partial charge in [-0.05, 0) is 25.0 Å². The van der Waals surface area contributed by atoms with E-state index < -0.39 is 12.1 Å². The second-order valence-corrected chi connectivity index (χ2v) is 3.34. The third kappa shape index (κ3) is 1.99. The van der Waals surface area contributed by atoms with Crippen LogP contribution in [0.4, 0.5) is 5.69 Å². The van der Waals surface area contributed by atoms with Crippen LogP contribution in [-0.4, -0.2) is 11.2 Å². The quantitative estimate of drug-likeness (QED) is 0.593. The van der Waals surface area contributed by atoms with Crippen LogP contribution in [0.1, 0.15) is 24.1 Å².